The summed E-state index contributed by atoms with van der Waals surface area (Å²) in [6.45, 7) is 0. The maximum atomic E-state index is 12.2. The second kappa shape index (κ2) is 4.96. The van der Waals surface area contributed by atoms with Gasteiger partial charge in [0.05, 0.1) is 0 Å². The summed E-state index contributed by atoms with van der Waals surface area (Å²) in [5.41, 5.74) is 1.35. The number of hydrogen-bond acceptors (Lipinski definition) is 3. The van der Waals surface area contributed by atoms with Gasteiger partial charge in [-0.2, -0.15) is 0 Å². The van der Waals surface area contributed by atoms with Crippen molar-refractivity contribution in [1.29, 1.82) is 0 Å². The van der Waals surface area contributed by atoms with E-state index in [-0.39, 0.29) is 6.03 Å². The fraction of sp³-hybridized carbons (Fsp3) is 0. The highest BCUT2D eigenvalue weighted by atomic mass is 127. The number of benzene rings is 1. The van der Waals surface area contributed by atoms with Gasteiger partial charge in [0.25, 0.3) is 0 Å². The Morgan fingerprint density at radius 1 is 1.21 bits per heavy atom. The molecule has 1 N–H and O–H groups in total. The number of nitrogens with one attached hydrogen (secondary N) is 1. The SMILES string of the molecule is O=C(Nc1ccc(I)cc1)n1ccc2cncnc21. The van der Waals surface area contributed by atoms with Gasteiger partial charge in [-0.25, -0.2) is 14.8 Å². The molecule has 5 nitrogen and oxygen atoms in total. The summed E-state index contributed by atoms with van der Waals surface area (Å²) in [5, 5.41) is 3.66. The van der Waals surface area contributed by atoms with Gasteiger partial charge in [0.1, 0.15) is 6.33 Å². The Hall–Kier alpha value is -1.96. The monoisotopic (exact) mass is 364 g/mol. The van der Waals surface area contributed by atoms with Crippen LogP contribution in [0.25, 0.3) is 11.0 Å². The molecule has 0 fully saturated rings. The topological polar surface area (TPSA) is 59.8 Å². The van der Waals surface area contributed by atoms with E-state index in [0.29, 0.717) is 5.65 Å². The number of carbonyl (C=O) groups excluding carboxylic acids is 1. The third-order valence-electron chi connectivity index (χ3n) is 2.66. The lowest BCUT2D eigenvalue weighted by molar-refractivity contribution is 0.254. The summed E-state index contributed by atoms with van der Waals surface area (Å²) in [6, 6.07) is 9.16. The third-order valence-corrected chi connectivity index (χ3v) is 3.38. The molecular formula is C13H9IN4O. The van der Waals surface area contributed by atoms with E-state index >= 15 is 0 Å². The lowest BCUT2D eigenvalue weighted by atomic mass is 10.3. The second-order valence-corrected chi connectivity index (χ2v) is 5.17. The zero-order chi connectivity index (χ0) is 13.2. The van der Waals surface area contributed by atoms with Crippen molar-refractivity contribution in [1.82, 2.24) is 14.5 Å². The number of hydrogen-bond donors (Lipinski definition) is 1. The molecule has 2 aromatic heterocycles. The van der Waals surface area contributed by atoms with Crippen molar-refractivity contribution < 1.29 is 4.79 Å². The highest BCUT2D eigenvalue weighted by Crippen LogP contribution is 2.14. The maximum Gasteiger partial charge on any atom is 0.331 e. The number of nitrogens with zero attached hydrogens (tertiary/aromatic N) is 3. The summed E-state index contributed by atoms with van der Waals surface area (Å²) < 4.78 is 2.59. The molecule has 0 atom stereocenters. The van der Waals surface area contributed by atoms with Crippen molar-refractivity contribution in [2.24, 2.45) is 0 Å². The van der Waals surface area contributed by atoms with E-state index in [4.69, 9.17) is 0 Å². The van der Waals surface area contributed by atoms with Gasteiger partial charge >= 0.3 is 6.03 Å². The van der Waals surface area contributed by atoms with Crippen molar-refractivity contribution in [2.75, 3.05) is 5.32 Å². The summed E-state index contributed by atoms with van der Waals surface area (Å²) >= 11 is 2.22. The van der Waals surface area contributed by atoms with Gasteiger partial charge in [-0.15, -0.1) is 0 Å². The van der Waals surface area contributed by atoms with E-state index < -0.39 is 0 Å². The highest BCUT2D eigenvalue weighted by Gasteiger charge is 2.09. The van der Waals surface area contributed by atoms with Crippen LogP contribution >= 0.6 is 22.6 Å². The third kappa shape index (κ3) is 2.43. The Labute approximate surface area is 122 Å². The van der Waals surface area contributed by atoms with Crippen molar-refractivity contribution >= 4 is 45.3 Å². The van der Waals surface area contributed by atoms with Crippen molar-refractivity contribution in [3.63, 3.8) is 0 Å². The van der Waals surface area contributed by atoms with Crippen LogP contribution in [0.15, 0.2) is 49.1 Å². The van der Waals surface area contributed by atoms with Crippen molar-refractivity contribution in [3.8, 4) is 0 Å². The first kappa shape index (κ1) is 12.1. The molecule has 3 rings (SSSR count). The van der Waals surface area contributed by atoms with Crippen LogP contribution in [-0.2, 0) is 0 Å². The quantitative estimate of drug-likeness (QED) is 0.675. The maximum absolute atomic E-state index is 12.2. The molecule has 3 aromatic rings. The van der Waals surface area contributed by atoms with Crippen LogP contribution in [0.4, 0.5) is 10.5 Å². The average Bonchev–Trinajstić information content (AvgIpc) is 2.85. The Morgan fingerprint density at radius 3 is 2.79 bits per heavy atom. The molecule has 0 unspecified atom stereocenters. The fourth-order valence-electron chi connectivity index (χ4n) is 1.76. The normalized spacial score (nSPS) is 10.6. The predicted octanol–water partition coefficient (Wildman–Crippen LogP) is 3.12. The summed E-state index contributed by atoms with van der Waals surface area (Å²) in [7, 11) is 0. The Morgan fingerprint density at radius 2 is 2.00 bits per heavy atom. The van der Waals surface area contributed by atoms with Gasteiger partial charge in [0.15, 0.2) is 5.65 Å². The minimum absolute atomic E-state index is 0.241. The Balaban J connectivity index is 1.90. The van der Waals surface area contributed by atoms with Gasteiger partial charge in [0, 0.05) is 27.0 Å². The number of rotatable bonds is 1. The summed E-state index contributed by atoms with van der Waals surface area (Å²) in [6.07, 6.45) is 4.79. The number of anilines is 1. The molecule has 0 radical (unpaired) electrons. The number of amides is 1. The van der Waals surface area contributed by atoms with E-state index in [9.17, 15) is 4.79 Å². The van der Waals surface area contributed by atoms with Crippen LogP contribution in [0.1, 0.15) is 0 Å². The molecule has 1 aromatic carbocycles. The second-order valence-electron chi connectivity index (χ2n) is 3.92. The highest BCUT2D eigenvalue weighted by molar-refractivity contribution is 14.1. The first-order chi connectivity index (χ1) is 9.24. The van der Waals surface area contributed by atoms with Gasteiger partial charge in [-0.3, -0.25) is 4.57 Å². The van der Waals surface area contributed by atoms with Crippen molar-refractivity contribution in [3.05, 3.63) is 52.6 Å². The Bertz CT molecular complexity index is 736. The van der Waals surface area contributed by atoms with E-state index in [2.05, 4.69) is 37.9 Å². The zero-order valence-electron chi connectivity index (χ0n) is 9.75. The molecule has 94 valence electrons. The number of aromatic nitrogens is 3. The molecule has 0 saturated heterocycles. The van der Waals surface area contributed by atoms with Crippen LogP contribution < -0.4 is 5.32 Å². The molecule has 0 bridgehead atoms. The average molecular weight is 364 g/mol. The summed E-state index contributed by atoms with van der Waals surface area (Å²) in [5.74, 6) is 0. The minimum Gasteiger partial charge on any atom is -0.307 e. The van der Waals surface area contributed by atoms with E-state index in [0.717, 1.165) is 14.6 Å². The molecule has 0 spiro atoms. The lowest BCUT2D eigenvalue weighted by Crippen LogP contribution is -2.18. The first-order valence-electron chi connectivity index (χ1n) is 5.58. The predicted molar refractivity (Wildman–Crippen MR) is 81.1 cm³/mol. The molecule has 19 heavy (non-hydrogen) atoms. The smallest absolute Gasteiger partial charge is 0.307 e. The van der Waals surface area contributed by atoms with Crippen LogP contribution in [-0.4, -0.2) is 20.6 Å². The Kier molecular flexibility index (Phi) is 3.16. The molecule has 0 aliphatic heterocycles. The molecule has 0 aliphatic carbocycles. The van der Waals surface area contributed by atoms with Gasteiger partial charge in [-0.05, 0) is 52.9 Å². The van der Waals surface area contributed by atoms with Crippen LogP contribution in [0, 0.1) is 3.57 Å². The fourth-order valence-corrected chi connectivity index (χ4v) is 2.12. The van der Waals surface area contributed by atoms with E-state index in [1.165, 1.54) is 10.9 Å². The first-order valence-corrected chi connectivity index (χ1v) is 6.66. The number of fused-ring (bicyclic) bond motifs is 1. The number of carbonyl (C=O) groups is 1. The van der Waals surface area contributed by atoms with Gasteiger partial charge in [0.2, 0.25) is 0 Å². The van der Waals surface area contributed by atoms with Crippen LogP contribution in [0.5, 0.6) is 0 Å². The van der Waals surface area contributed by atoms with Crippen LogP contribution in [0.3, 0.4) is 0 Å². The number of halogens is 1. The molecule has 2 heterocycles. The summed E-state index contributed by atoms with van der Waals surface area (Å²) in [4.78, 5) is 20.2. The largest absolute Gasteiger partial charge is 0.331 e. The molecular weight excluding hydrogens is 355 g/mol. The minimum atomic E-state index is -0.241. The zero-order valence-corrected chi connectivity index (χ0v) is 11.9. The van der Waals surface area contributed by atoms with Crippen LogP contribution in [0.2, 0.25) is 0 Å². The van der Waals surface area contributed by atoms with E-state index in [1.54, 1.807) is 12.4 Å². The standard InChI is InChI=1S/C13H9IN4O/c14-10-1-3-11(4-2-10)17-13(19)18-6-5-9-7-15-8-16-12(9)18/h1-8H,(H,17,19). The molecule has 6 heteroatoms. The van der Waals surface area contributed by atoms with Gasteiger partial charge in [-0.1, -0.05) is 0 Å². The van der Waals surface area contributed by atoms with E-state index in [1.807, 2.05) is 30.3 Å². The lowest BCUT2D eigenvalue weighted by Gasteiger charge is -2.06. The molecule has 1 amide bonds. The van der Waals surface area contributed by atoms with Crippen molar-refractivity contribution in [2.45, 2.75) is 0 Å². The molecule has 0 aliphatic rings. The van der Waals surface area contributed by atoms with Gasteiger partial charge < -0.3 is 5.32 Å². The molecule has 0 saturated carbocycles.